The summed E-state index contributed by atoms with van der Waals surface area (Å²) in [6, 6.07) is 31.5. The quantitative estimate of drug-likeness (QED) is 0.264. The van der Waals surface area contributed by atoms with Crippen LogP contribution in [0.4, 0.5) is 0 Å². The largest absolute Gasteiger partial charge is 0.192 e. The van der Waals surface area contributed by atoms with Gasteiger partial charge in [-0.3, -0.25) is 0 Å². The van der Waals surface area contributed by atoms with Crippen LogP contribution in [0.2, 0.25) is 0 Å². The minimum absolute atomic E-state index is 0.708. The third-order valence-electron chi connectivity index (χ3n) is 5.16. The number of hydrogen-bond donors (Lipinski definition) is 0. The Morgan fingerprint density at radius 1 is 0.630 bits per heavy atom. The zero-order valence-corrected chi connectivity index (χ0v) is 16.0. The molecular formula is C25H14BrN. The summed E-state index contributed by atoms with van der Waals surface area (Å²) < 4.78 is 1.12. The van der Waals surface area contributed by atoms with E-state index in [9.17, 15) is 5.26 Å². The monoisotopic (exact) mass is 407 g/mol. The molecule has 27 heavy (non-hydrogen) atoms. The van der Waals surface area contributed by atoms with Crippen molar-refractivity contribution in [2.45, 2.75) is 0 Å². The Balaban J connectivity index is 1.97. The first-order chi connectivity index (χ1) is 13.3. The summed E-state index contributed by atoms with van der Waals surface area (Å²) in [6.45, 7) is 0. The van der Waals surface area contributed by atoms with Crippen LogP contribution in [-0.4, -0.2) is 0 Å². The molecule has 0 bridgehead atoms. The van der Waals surface area contributed by atoms with Crippen molar-refractivity contribution in [2.75, 3.05) is 0 Å². The summed E-state index contributed by atoms with van der Waals surface area (Å²) in [4.78, 5) is 0. The van der Waals surface area contributed by atoms with E-state index < -0.39 is 0 Å². The van der Waals surface area contributed by atoms with Gasteiger partial charge in [-0.15, -0.1) is 0 Å². The summed E-state index contributed by atoms with van der Waals surface area (Å²) in [7, 11) is 0. The number of fused-ring (bicyclic) bond motifs is 3. The maximum atomic E-state index is 9.52. The van der Waals surface area contributed by atoms with Crippen molar-refractivity contribution in [2.24, 2.45) is 0 Å². The second-order valence-corrected chi connectivity index (χ2v) is 7.43. The Morgan fingerprint density at radius 3 is 1.89 bits per heavy atom. The molecule has 0 spiro atoms. The highest BCUT2D eigenvalue weighted by molar-refractivity contribution is 9.10. The Labute approximate surface area is 165 Å². The number of hydrogen-bond acceptors (Lipinski definition) is 1. The van der Waals surface area contributed by atoms with Crippen molar-refractivity contribution in [1.29, 1.82) is 5.26 Å². The predicted octanol–water partition coefficient (Wildman–Crippen LogP) is 7.45. The van der Waals surface area contributed by atoms with Crippen LogP contribution in [0.15, 0.2) is 89.4 Å². The Hall–Kier alpha value is -3.15. The molecule has 0 radical (unpaired) electrons. The third kappa shape index (κ3) is 2.44. The van der Waals surface area contributed by atoms with Gasteiger partial charge in [-0.25, -0.2) is 0 Å². The van der Waals surface area contributed by atoms with E-state index in [0.717, 1.165) is 20.8 Å². The van der Waals surface area contributed by atoms with Crippen molar-refractivity contribution in [3.63, 3.8) is 0 Å². The molecule has 0 amide bonds. The Kier molecular flexibility index (Phi) is 3.70. The van der Waals surface area contributed by atoms with E-state index in [1.807, 2.05) is 12.1 Å². The van der Waals surface area contributed by atoms with E-state index in [2.05, 4.69) is 94.8 Å². The van der Waals surface area contributed by atoms with E-state index in [1.54, 1.807) is 0 Å². The van der Waals surface area contributed by atoms with Gasteiger partial charge in [0.2, 0.25) is 0 Å². The molecule has 0 saturated heterocycles. The lowest BCUT2D eigenvalue weighted by molar-refractivity contribution is 1.50. The molecule has 0 fully saturated rings. The van der Waals surface area contributed by atoms with E-state index in [4.69, 9.17) is 0 Å². The van der Waals surface area contributed by atoms with Gasteiger partial charge in [0.15, 0.2) is 0 Å². The summed E-state index contributed by atoms with van der Waals surface area (Å²) >= 11 is 3.81. The molecule has 0 aliphatic rings. The lowest BCUT2D eigenvalue weighted by atomic mass is 9.90. The van der Waals surface area contributed by atoms with Crippen LogP contribution in [0.1, 0.15) is 5.56 Å². The zero-order chi connectivity index (χ0) is 18.4. The fourth-order valence-corrected chi connectivity index (χ4v) is 4.60. The zero-order valence-electron chi connectivity index (χ0n) is 14.4. The molecule has 0 aromatic heterocycles. The first-order valence-corrected chi connectivity index (χ1v) is 9.59. The van der Waals surface area contributed by atoms with Gasteiger partial charge < -0.3 is 0 Å². The second-order valence-electron chi connectivity index (χ2n) is 6.63. The van der Waals surface area contributed by atoms with Crippen molar-refractivity contribution < 1.29 is 0 Å². The highest BCUT2D eigenvalue weighted by Crippen LogP contribution is 2.42. The molecule has 0 atom stereocenters. The maximum Gasteiger partial charge on any atom is 0.0998 e. The number of rotatable bonds is 1. The smallest absolute Gasteiger partial charge is 0.0998 e. The fraction of sp³-hybridized carbons (Fsp3) is 0. The lowest BCUT2D eigenvalue weighted by Gasteiger charge is -2.15. The highest BCUT2D eigenvalue weighted by Gasteiger charge is 2.14. The van der Waals surface area contributed by atoms with Gasteiger partial charge in [0.1, 0.15) is 0 Å². The van der Waals surface area contributed by atoms with Crippen molar-refractivity contribution in [3.05, 3.63) is 95.0 Å². The summed E-state index contributed by atoms with van der Waals surface area (Å²) in [5.41, 5.74) is 3.05. The molecular weight excluding hydrogens is 394 g/mol. The summed E-state index contributed by atoms with van der Waals surface area (Å²) in [5, 5.41) is 16.4. The van der Waals surface area contributed by atoms with E-state index in [1.165, 1.54) is 27.1 Å². The van der Waals surface area contributed by atoms with Crippen LogP contribution in [0.3, 0.4) is 0 Å². The molecule has 5 aromatic rings. The van der Waals surface area contributed by atoms with Gasteiger partial charge in [0.25, 0.3) is 0 Å². The second kappa shape index (κ2) is 6.23. The topological polar surface area (TPSA) is 23.8 Å². The average molecular weight is 408 g/mol. The van der Waals surface area contributed by atoms with Crippen LogP contribution in [0.25, 0.3) is 43.4 Å². The number of nitriles is 1. The molecule has 2 heteroatoms. The van der Waals surface area contributed by atoms with Crippen LogP contribution < -0.4 is 0 Å². The standard InChI is InChI=1S/C25H14BrN/c26-25-21-10-3-1-8-19(21)24(20-9-2-4-11-22(20)25)17-13-12-16-6-5-7-18(15-27)23(16)14-17/h1-14H. The van der Waals surface area contributed by atoms with Gasteiger partial charge in [-0.2, -0.15) is 5.26 Å². The molecule has 0 aliphatic heterocycles. The van der Waals surface area contributed by atoms with Crippen molar-refractivity contribution in [3.8, 4) is 17.2 Å². The molecule has 0 unspecified atom stereocenters. The molecule has 0 heterocycles. The molecule has 0 N–H and O–H groups in total. The normalized spacial score (nSPS) is 11.1. The summed E-state index contributed by atoms with van der Waals surface area (Å²) in [5.74, 6) is 0. The van der Waals surface area contributed by atoms with Gasteiger partial charge in [0.05, 0.1) is 11.6 Å². The minimum atomic E-state index is 0.708. The van der Waals surface area contributed by atoms with Gasteiger partial charge >= 0.3 is 0 Å². The molecule has 126 valence electrons. The van der Waals surface area contributed by atoms with Gasteiger partial charge in [0, 0.05) is 9.86 Å². The average Bonchev–Trinajstić information content (AvgIpc) is 2.73. The first-order valence-electron chi connectivity index (χ1n) is 8.80. The van der Waals surface area contributed by atoms with Crippen LogP contribution >= 0.6 is 15.9 Å². The van der Waals surface area contributed by atoms with Gasteiger partial charge in [-0.05, 0) is 66.1 Å². The molecule has 0 saturated carbocycles. The molecule has 5 aromatic carbocycles. The van der Waals surface area contributed by atoms with Crippen LogP contribution in [0, 0.1) is 11.3 Å². The summed E-state index contributed by atoms with van der Waals surface area (Å²) in [6.07, 6.45) is 0. The van der Waals surface area contributed by atoms with E-state index in [-0.39, 0.29) is 0 Å². The molecule has 1 nitrogen and oxygen atoms in total. The molecule has 5 rings (SSSR count). The number of halogens is 1. The fourth-order valence-electron chi connectivity index (χ4n) is 3.91. The van der Waals surface area contributed by atoms with Crippen LogP contribution in [0.5, 0.6) is 0 Å². The minimum Gasteiger partial charge on any atom is -0.192 e. The van der Waals surface area contributed by atoms with Gasteiger partial charge in [-0.1, -0.05) is 72.8 Å². The van der Waals surface area contributed by atoms with Crippen molar-refractivity contribution >= 4 is 48.2 Å². The maximum absolute atomic E-state index is 9.52. The van der Waals surface area contributed by atoms with E-state index >= 15 is 0 Å². The molecule has 0 aliphatic carbocycles. The SMILES string of the molecule is N#Cc1cccc2ccc(-c3c4ccccc4c(Br)c4ccccc34)cc12. The Bertz CT molecular complexity index is 1340. The van der Waals surface area contributed by atoms with Crippen molar-refractivity contribution in [1.82, 2.24) is 0 Å². The number of benzene rings is 5. The van der Waals surface area contributed by atoms with Crippen LogP contribution in [-0.2, 0) is 0 Å². The highest BCUT2D eigenvalue weighted by atomic mass is 79.9. The van der Waals surface area contributed by atoms with E-state index in [0.29, 0.717) is 5.56 Å². The first kappa shape index (κ1) is 16.1. The predicted molar refractivity (Wildman–Crippen MR) is 117 cm³/mol. The lowest BCUT2D eigenvalue weighted by Crippen LogP contribution is -1.88. The third-order valence-corrected chi connectivity index (χ3v) is 6.01. The Morgan fingerprint density at radius 2 is 1.26 bits per heavy atom. The number of nitrogens with zero attached hydrogens (tertiary/aromatic N) is 1.